The summed E-state index contributed by atoms with van der Waals surface area (Å²) >= 11 is 0. The lowest BCUT2D eigenvalue weighted by Gasteiger charge is -2.38. The zero-order valence-corrected chi connectivity index (χ0v) is 17.5. The Morgan fingerprint density at radius 1 is 1.26 bits per heavy atom. The summed E-state index contributed by atoms with van der Waals surface area (Å²) in [5.41, 5.74) is 0.0319. The van der Waals surface area contributed by atoms with Crippen LogP contribution in [0.1, 0.15) is 83.0 Å². The van der Waals surface area contributed by atoms with Crippen molar-refractivity contribution in [3.8, 4) is 5.75 Å². The number of carbonyl (C=O) groups is 1. The monoisotopic (exact) mass is 376 g/mol. The summed E-state index contributed by atoms with van der Waals surface area (Å²) in [6, 6.07) is 7.39. The lowest BCUT2D eigenvalue weighted by atomic mass is 9.88. The minimum atomic E-state index is -0.483. The molecule has 0 bridgehead atoms. The van der Waals surface area contributed by atoms with E-state index in [1.807, 2.05) is 25.1 Å². The van der Waals surface area contributed by atoms with E-state index in [-0.39, 0.29) is 12.1 Å². The first-order valence-electron chi connectivity index (χ1n) is 10.5. The fourth-order valence-corrected chi connectivity index (χ4v) is 3.60. The van der Waals surface area contributed by atoms with E-state index in [4.69, 9.17) is 14.2 Å². The number of unbranched alkanes of at least 4 members (excludes halogenated alkanes) is 3. The van der Waals surface area contributed by atoms with Crippen LogP contribution in [0.15, 0.2) is 24.3 Å². The first-order chi connectivity index (χ1) is 12.9. The Balaban J connectivity index is 1.96. The summed E-state index contributed by atoms with van der Waals surface area (Å²) in [6.45, 7) is 9.86. The molecule has 1 aromatic carbocycles. The summed E-state index contributed by atoms with van der Waals surface area (Å²) in [4.78, 5) is 12.9. The third kappa shape index (κ3) is 7.17. The third-order valence-corrected chi connectivity index (χ3v) is 5.08. The zero-order valence-electron chi connectivity index (χ0n) is 17.5. The second-order valence-electron chi connectivity index (χ2n) is 8.32. The molecule has 1 aliphatic rings. The van der Waals surface area contributed by atoms with Crippen molar-refractivity contribution in [1.29, 1.82) is 0 Å². The van der Waals surface area contributed by atoms with Crippen LogP contribution in [0.4, 0.5) is 0 Å². The molecule has 2 unspecified atom stereocenters. The maximum atomic E-state index is 12.9. The molecule has 1 saturated heterocycles. The fourth-order valence-electron chi connectivity index (χ4n) is 3.60. The molecular formula is C23H36O4. The Morgan fingerprint density at radius 2 is 2.04 bits per heavy atom. The van der Waals surface area contributed by atoms with Crippen molar-refractivity contribution in [2.24, 2.45) is 5.92 Å². The Hall–Kier alpha value is -1.55. The summed E-state index contributed by atoms with van der Waals surface area (Å²) in [6.07, 6.45) is 7.19. The molecule has 2 atom stereocenters. The summed E-state index contributed by atoms with van der Waals surface area (Å²) in [5, 5.41) is 0. The van der Waals surface area contributed by atoms with Crippen LogP contribution in [0.5, 0.6) is 5.75 Å². The van der Waals surface area contributed by atoms with Crippen molar-refractivity contribution in [2.75, 3.05) is 13.2 Å². The molecule has 4 heteroatoms. The number of benzene rings is 1. The second kappa shape index (κ2) is 10.7. The number of esters is 1. The number of hydrogen-bond acceptors (Lipinski definition) is 4. The first-order valence-corrected chi connectivity index (χ1v) is 10.5. The number of carbonyl (C=O) groups excluding carboxylic acids is 1. The van der Waals surface area contributed by atoms with Gasteiger partial charge in [0.05, 0.1) is 19.3 Å². The van der Waals surface area contributed by atoms with Crippen LogP contribution in [-0.2, 0) is 9.47 Å². The van der Waals surface area contributed by atoms with Crippen molar-refractivity contribution in [2.45, 2.75) is 84.3 Å². The van der Waals surface area contributed by atoms with Crippen LogP contribution < -0.4 is 4.74 Å². The van der Waals surface area contributed by atoms with E-state index < -0.39 is 5.60 Å². The Labute approximate surface area is 164 Å². The number of ether oxygens (including phenoxy) is 3. The predicted octanol–water partition coefficient (Wildman–Crippen LogP) is 5.79. The van der Waals surface area contributed by atoms with Crippen molar-refractivity contribution in [3.63, 3.8) is 0 Å². The van der Waals surface area contributed by atoms with Gasteiger partial charge < -0.3 is 14.2 Å². The minimum absolute atomic E-state index is 0.154. The third-order valence-electron chi connectivity index (χ3n) is 5.08. The highest BCUT2D eigenvalue weighted by atomic mass is 16.6. The highest BCUT2D eigenvalue weighted by Crippen LogP contribution is 2.33. The van der Waals surface area contributed by atoms with Gasteiger partial charge in [0.1, 0.15) is 16.9 Å². The Kier molecular flexibility index (Phi) is 8.62. The molecule has 0 aromatic heterocycles. The highest BCUT2D eigenvalue weighted by molar-refractivity contribution is 5.92. The fraction of sp³-hybridized carbons (Fsp3) is 0.696. The topological polar surface area (TPSA) is 44.8 Å². The molecule has 0 saturated carbocycles. The maximum absolute atomic E-state index is 12.9. The summed E-state index contributed by atoms with van der Waals surface area (Å²) < 4.78 is 17.7. The average molecular weight is 377 g/mol. The molecular weight excluding hydrogens is 340 g/mol. The Bertz CT molecular complexity index is 583. The normalized spacial score (nSPS) is 22.6. The number of para-hydroxylation sites is 1. The van der Waals surface area contributed by atoms with E-state index in [0.717, 1.165) is 32.1 Å². The van der Waals surface area contributed by atoms with Gasteiger partial charge in [-0.15, -0.1) is 0 Å². The van der Waals surface area contributed by atoms with E-state index in [1.54, 1.807) is 6.07 Å². The molecule has 0 N–H and O–H groups in total. The van der Waals surface area contributed by atoms with E-state index >= 15 is 0 Å². The number of rotatable bonds is 10. The van der Waals surface area contributed by atoms with Crippen LogP contribution in [0.25, 0.3) is 0 Å². The highest BCUT2D eigenvalue weighted by Gasteiger charge is 2.37. The van der Waals surface area contributed by atoms with Gasteiger partial charge in [0, 0.05) is 12.8 Å². The van der Waals surface area contributed by atoms with Gasteiger partial charge in [-0.25, -0.2) is 4.79 Å². The molecule has 0 aliphatic carbocycles. The SMILES string of the molecule is CCCCCCOc1ccccc1C(=O)OC1(C)CCOC(CC(C)C)C1. The molecule has 4 nitrogen and oxygen atoms in total. The smallest absolute Gasteiger partial charge is 0.342 e. The predicted molar refractivity (Wildman–Crippen MR) is 108 cm³/mol. The Morgan fingerprint density at radius 3 is 2.78 bits per heavy atom. The molecule has 1 fully saturated rings. The van der Waals surface area contributed by atoms with Gasteiger partial charge in [-0.05, 0) is 37.8 Å². The first kappa shape index (κ1) is 21.7. The van der Waals surface area contributed by atoms with Crippen LogP contribution in [-0.4, -0.2) is 30.9 Å². The van der Waals surface area contributed by atoms with Gasteiger partial charge in [0.2, 0.25) is 0 Å². The van der Waals surface area contributed by atoms with Crippen LogP contribution in [0, 0.1) is 5.92 Å². The molecule has 0 amide bonds. The van der Waals surface area contributed by atoms with Gasteiger partial charge >= 0.3 is 5.97 Å². The van der Waals surface area contributed by atoms with E-state index in [2.05, 4.69) is 20.8 Å². The van der Waals surface area contributed by atoms with E-state index in [1.165, 1.54) is 12.8 Å². The summed E-state index contributed by atoms with van der Waals surface area (Å²) in [7, 11) is 0. The second-order valence-corrected chi connectivity index (χ2v) is 8.32. The quantitative estimate of drug-likeness (QED) is 0.383. The minimum Gasteiger partial charge on any atom is -0.493 e. The van der Waals surface area contributed by atoms with Gasteiger partial charge in [-0.1, -0.05) is 52.2 Å². The standard InChI is InChI=1S/C23H36O4/c1-5-6-7-10-14-26-21-12-9-8-11-20(21)22(24)27-23(4)13-15-25-19(17-23)16-18(2)3/h8-9,11-12,18-19H,5-7,10,13-17H2,1-4H3. The molecule has 1 heterocycles. The van der Waals surface area contributed by atoms with E-state index in [9.17, 15) is 4.79 Å². The molecule has 0 spiro atoms. The molecule has 1 aromatic rings. The van der Waals surface area contributed by atoms with Gasteiger partial charge in [0.25, 0.3) is 0 Å². The largest absolute Gasteiger partial charge is 0.493 e. The molecule has 27 heavy (non-hydrogen) atoms. The average Bonchev–Trinajstić information content (AvgIpc) is 2.61. The van der Waals surface area contributed by atoms with Crippen LogP contribution in [0.2, 0.25) is 0 Å². The zero-order chi connectivity index (χ0) is 19.7. The molecule has 2 rings (SSSR count). The van der Waals surface area contributed by atoms with Gasteiger partial charge in [0.15, 0.2) is 0 Å². The van der Waals surface area contributed by atoms with Gasteiger partial charge in [-0.2, -0.15) is 0 Å². The summed E-state index contributed by atoms with van der Waals surface area (Å²) in [5.74, 6) is 0.884. The molecule has 0 radical (unpaired) electrons. The lowest BCUT2D eigenvalue weighted by molar-refractivity contribution is -0.107. The van der Waals surface area contributed by atoms with E-state index in [0.29, 0.717) is 30.4 Å². The van der Waals surface area contributed by atoms with Crippen LogP contribution >= 0.6 is 0 Å². The molecule has 1 aliphatic heterocycles. The number of hydrogen-bond donors (Lipinski definition) is 0. The van der Waals surface area contributed by atoms with Gasteiger partial charge in [-0.3, -0.25) is 0 Å². The van der Waals surface area contributed by atoms with Crippen molar-refractivity contribution in [3.05, 3.63) is 29.8 Å². The van der Waals surface area contributed by atoms with Crippen LogP contribution in [0.3, 0.4) is 0 Å². The van der Waals surface area contributed by atoms with Crippen molar-refractivity contribution < 1.29 is 19.0 Å². The maximum Gasteiger partial charge on any atom is 0.342 e. The lowest BCUT2D eigenvalue weighted by Crippen LogP contribution is -2.42. The van der Waals surface area contributed by atoms with Crippen molar-refractivity contribution >= 4 is 5.97 Å². The van der Waals surface area contributed by atoms with Crippen molar-refractivity contribution in [1.82, 2.24) is 0 Å². The molecule has 152 valence electrons.